The van der Waals surface area contributed by atoms with E-state index in [1.165, 1.54) is 17.1 Å². The van der Waals surface area contributed by atoms with Gasteiger partial charge in [0.2, 0.25) is 5.89 Å². The summed E-state index contributed by atoms with van der Waals surface area (Å²) in [4.78, 5) is 45.8. The van der Waals surface area contributed by atoms with E-state index in [0.29, 0.717) is 33.7 Å². The Morgan fingerprint density at radius 3 is 2.70 bits per heavy atom. The van der Waals surface area contributed by atoms with Gasteiger partial charge in [-0.15, -0.1) is 0 Å². The number of benzene rings is 2. The summed E-state index contributed by atoms with van der Waals surface area (Å²) in [5, 5.41) is 23.1. The van der Waals surface area contributed by atoms with Gasteiger partial charge in [-0.3, -0.25) is 24.8 Å². The Labute approximate surface area is 229 Å². The van der Waals surface area contributed by atoms with Crippen molar-refractivity contribution in [3.8, 4) is 17.5 Å². The number of hydrogen-bond acceptors (Lipinski definition) is 9. The third kappa shape index (κ3) is 5.13. The van der Waals surface area contributed by atoms with Gasteiger partial charge in [0, 0.05) is 21.6 Å². The number of oxazole rings is 1. The van der Waals surface area contributed by atoms with E-state index in [2.05, 4.69) is 21.4 Å². The number of ether oxygens (including phenoxy) is 1. The summed E-state index contributed by atoms with van der Waals surface area (Å²) in [6.45, 7) is 5.85. The molecule has 0 saturated carbocycles. The Kier molecular flexibility index (Phi) is 6.81. The maximum Gasteiger partial charge on any atom is 0.416 e. The molecule has 204 valence electrons. The van der Waals surface area contributed by atoms with Gasteiger partial charge in [0.1, 0.15) is 23.5 Å². The van der Waals surface area contributed by atoms with Gasteiger partial charge < -0.3 is 14.5 Å². The van der Waals surface area contributed by atoms with E-state index in [9.17, 15) is 25.0 Å². The average Bonchev–Trinajstić information content (AvgIpc) is 3.51. The topological polar surface area (TPSA) is 164 Å². The highest BCUT2D eigenvalue weighted by molar-refractivity contribution is 6.04. The van der Waals surface area contributed by atoms with Crippen LogP contribution in [0.5, 0.6) is 0 Å². The number of nitriles is 1. The monoisotopic (exact) mass is 542 g/mol. The van der Waals surface area contributed by atoms with E-state index in [0.717, 1.165) is 5.56 Å². The van der Waals surface area contributed by atoms with E-state index in [4.69, 9.17) is 9.15 Å². The number of carbonyl (C=O) groups excluding carboxylic acids is 2. The molecule has 2 aromatic carbocycles. The van der Waals surface area contributed by atoms with E-state index in [1.807, 2.05) is 19.9 Å². The lowest BCUT2D eigenvalue weighted by molar-refractivity contribution is -0.506. The first-order valence-corrected chi connectivity index (χ1v) is 12.7. The quantitative estimate of drug-likeness (QED) is 0.360. The van der Waals surface area contributed by atoms with Crippen LogP contribution in [-0.4, -0.2) is 63.9 Å². The number of nitrogens with zero attached hydrogens (tertiary/aromatic N) is 5. The first-order chi connectivity index (χ1) is 19.1. The van der Waals surface area contributed by atoms with Crippen molar-refractivity contribution in [3.63, 3.8) is 0 Å². The van der Waals surface area contributed by atoms with Crippen LogP contribution < -0.4 is 5.32 Å². The molecule has 0 aliphatic carbocycles. The summed E-state index contributed by atoms with van der Waals surface area (Å²) >= 11 is 0. The van der Waals surface area contributed by atoms with Crippen molar-refractivity contribution in [1.29, 1.82) is 5.26 Å². The predicted molar refractivity (Wildman–Crippen MR) is 144 cm³/mol. The Bertz CT molecular complexity index is 1620. The SMILES string of the molecule is CC(C)c1cc(C#N)cc2nc(-c3ccc(C(=O)NCC4(C)CN(C5=NCC([N+](=O)[O-])C=C5)C(=O)O4)cc3)oc12. The van der Waals surface area contributed by atoms with Crippen molar-refractivity contribution < 1.29 is 23.7 Å². The highest BCUT2D eigenvalue weighted by Gasteiger charge is 2.43. The lowest BCUT2D eigenvalue weighted by atomic mass is 10.00. The van der Waals surface area contributed by atoms with Crippen LogP contribution >= 0.6 is 0 Å². The maximum atomic E-state index is 12.9. The number of aliphatic imine (C=N–C) groups is 1. The van der Waals surface area contributed by atoms with Crippen LogP contribution in [-0.2, 0) is 4.74 Å². The summed E-state index contributed by atoms with van der Waals surface area (Å²) in [6.07, 6.45) is 2.20. The van der Waals surface area contributed by atoms with Gasteiger partial charge in [-0.2, -0.15) is 5.26 Å². The third-order valence-corrected chi connectivity index (χ3v) is 6.79. The highest BCUT2D eigenvalue weighted by Crippen LogP contribution is 2.31. The van der Waals surface area contributed by atoms with Crippen molar-refractivity contribution in [2.24, 2.45) is 4.99 Å². The van der Waals surface area contributed by atoms with Crippen LogP contribution in [0, 0.1) is 21.4 Å². The molecular weight excluding hydrogens is 516 g/mol. The molecule has 12 heteroatoms. The predicted octanol–water partition coefficient (Wildman–Crippen LogP) is 4.04. The van der Waals surface area contributed by atoms with E-state index in [1.54, 1.807) is 37.3 Å². The summed E-state index contributed by atoms with van der Waals surface area (Å²) in [5.74, 6) is 0.457. The second kappa shape index (κ2) is 10.3. The zero-order chi connectivity index (χ0) is 28.6. The van der Waals surface area contributed by atoms with Gasteiger partial charge in [-0.25, -0.2) is 9.78 Å². The number of fused-ring (bicyclic) bond motifs is 1. The molecule has 2 amide bonds. The number of carbonyl (C=O) groups is 2. The van der Waals surface area contributed by atoms with Gasteiger partial charge in [0.15, 0.2) is 5.58 Å². The molecule has 12 nitrogen and oxygen atoms in total. The zero-order valence-corrected chi connectivity index (χ0v) is 22.1. The third-order valence-electron chi connectivity index (χ3n) is 6.79. The molecule has 2 unspecified atom stereocenters. The normalized spacial score (nSPS) is 20.4. The Balaban J connectivity index is 1.24. The van der Waals surface area contributed by atoms with Gasteiger partial charge in [-0.05, 0) is 61.4 Å². The van der Waals surface area contributed by atoms with Gasteiger partial charge >= 0.3 is 6.09 Å². The number of amidine groups is 1. The molecule has 1 saturated heterocycles. The Morgan fingerprint density at radius 1 is 1.32 bits per heavy atom. The minimum Gasteiger partial charge on any atom is -0.439 e. The number of aromatic nitrogens is 1. The number of hydrogen-bond donors (Lipinski definition) is 1. The molecule has 3 heterocycles. The van der Waals surface area contributed by atoms with E-state index < -0.39 is 22.7 Å². The molecule has 2 atom stereocenters. The summed E-state index contributed by atoms with van der Waals surface area (Å²) in [7, 11) is 0. The molecular formula is C28H26N6O6. The standard InChI is InChI=1S/C28H26N6O6/c1-16(2)21-10-17(12-29)11-22-24(21)39-26(32-22)19-6-4-18(5-7-19)25(35)31-14-28(3)15-33(27(36)40-28)23-9-8-20(13-30-23)34(37)38/h4-11,16,20H,13-15H2,1-3H3,(H,31,35). The molecule has 0 radical (unpaired) electrons. The Hall–Kier alpha value is -5.05. The molecule has 40 heavy (non-hydrogen) atoms. The van der Waals surface area contributed by atoms with Gasteiger partial charge in [0.05, 0.1) is 24.7 Å². The molecule has 1 N–H and O–H groups in total. The number of dihydropyridines is 1. The van der Waals surface area contributed by atoms with Crippen LogP contribution in [0.3, 0.4) is 0 Å². The van der Waals surface area contributed by atoms with E-state index >= 15 is 0 Å². The van der Waals surface area contributed by atoms with Crippen LogP contribution in [0.2, 0.25) is 0 Å². The minimum atomic E-state index is -1.02. The molecule has 2 aliphatic rings. The maximum absolute atomic E-state index is 12.9. The zero-order valence-electron chi connectivity index (χ0n) is 22.1. The fourth-order valence-corrected chi connectivity index (χ4v) is 4.58. The van der Waals surface area contributed by atoms with Crippen molar-refractivity contribution in [1.82, 2.24) is 15.2 Å². The van der Waals surface area contributed by atoms with Crippen molar-refractivity contribution in [2.75, 3.05) is 19.6 Å². The largest absolute Gasteiger partial charge is 0.439 e. The molecule has 1 aromatic heterocycles. The molecule has 0 bridgehead atoms. The van der Waals surface area contributed by atoms with Crippen molar-refractivity contribution in [2.45, 2.75) is 38.3 Å². The number of nitro groups is 1. The van der Waals surface area contributed by atoms with Crippen LogP contribution in [0.15, 0.2) is 58.0 Å². The fourth-order valence-electron chi connectivity index (χ4n) is 4.58. The summed E-state index contributed by atoms with van der Waals surface area (Å²) in [6, 6.07) is 11.5. The van der Waals surface area contributed by atoms with Crippen LogP contribution in [0.4, 0.5) is 4.79 Å². The summed E-state index contributed by atoms with van der Waals surface area (Å²) in [5.41, 5.74) is 2.69. The second-order valence-electron chi connectivity index (χ2n) is 10.3. The second-order valence-corrected chi connectivity index (χ2v) is 10.3. The highest BCUT2D eigenvalue weighted by atomic mass is 16.6. The molecule has 0 spiro atoms. The summed E-state index contributed by atoms with van der Waals surface area (Å²) < 4.78 is 11.5. The fraction of sp³-hybridized carbons (Fsp3) is 0.321. The lowest BCUT2D eigenvalue weighted by Gasteiger charge is -2.22. The van der Waals surface area contributed by atoms with Crippen molar-refractivity contribution >= 4 is 28.9 Å². The van der Waals surface area contributed by atoms with Gasteiger partial charge in [0.25, 0.3) is 11.9 Å². The van der Waals surface area contributed by atoms with Crippen LogP contribution in [0.1, 0.15) is 48.2 Å². The van der Waals surface area contributed by atoms with Crippen molar-refractivity contribution in [3.05, 3.63) is 75.4 Å². The molecule has 2 aliphatic heterocycles. The lowest BCUT2D eigenvalue weighted by Crippen LogP contribution is -2.44. The smallest absolute Gasteiger partial charge is 0.416 e. The number of amides is 2. The first kappa shape index (κ1) is 26.6. The average molecular weight is 543 g/mol. The van der Waals surface area contributed by atoms with Crippen LogP contribution in [0.25, 0.3) is 22.6 Å². The number of rotatable bonds is 6. The molecule has 5 rings (SSSR count). The number of nitrogens with one attached hydrogen (secondary N) is 1. The van der Waals surface area contributed by atoms with Gasteiger partial charge in [-0.1, -0.05) is 13.8 Å². The Morgan fingerprint density at radius 2 is 2.08 bits per heavy atom. The molecule has 1 fully saturated rings. The molecule has 3 aromatic rings. The minimum absolute atomic E-state index is 0.0503. The number of cyclic esters (lactones) is 1. The van der Waals surface area contributed by atoms with E-state index in [-0.39, 0.29) is 37.3 Å². The first-order valence-electron chi connectivity index (χ1n) is 12.7.